The van der Waals surface area contributed by atoms with Crippen molar-refractivity contribution >= 4 is 9.84 Å². The van der Waals surface area contributed by atoms with Gasteiger partial charge in [-0.15, -0.1) is 0 Å². The molecule has 0 fully saturated rings. The molecule has 0 saturated carbocycles. The molecule has 0 aromatic rings. The molecule has 0 atom stereocenters. The summed E-state index contributed by atoms with van der Waals surface area (Å²) in [5.41, 5.74) is 0. The Morgan fingerprint density at radius 3 is 2.25 bits per heavy atom. The Kier molecular flexibility index (Phi) is 3.01. The lowest BCUT2D eigenvalue weighted by Gasteiger charge is -1.92. The highest BCUT2D eigenvalue weighted by molar-refractivity contribution is 7.92. The summed E-state index contributed by atoms with van der Waals surface area (Å²) in [5.74, 6) is 0.00347. The van der Waals surface area contributed by atoms with Crippen molar-refractivity contribution in [3.8, 4) is 0 Å². The van der Waals surface area contributed by atoms with Crippen molar-refractivity contribution in [3.05, 3.63) is 6.26 Å². The summed E-state index contributed by atoms with van der Waals surface area (Å²) in [6.45, 7) is 0.228. The first kappa shape index (κ1) is 7.91. The van der Waals surface area contributed by atoms with Gasteiger partial charge in [-0.1, -0.05) is 0 Å². The van der Waals surface area contributed by atoms with Crippen LogP contribution in [0.5, 0.6) is 0 Å². The number of sulfone groups is 1. The van der Waals surface area contributed by atoms with Crippen molar-refractivity contribution in [1.82, 2.24) is 0 Å². The van der Waals surface area contributed by atoms with Crippen LogP contribution < -0.4 is 0 Å². The van der Waals surface area contributed by atoms with Crippen LogP contribution in [-0.4, -0.2) is 27.9 Å². The molecule has 1 radical (unpaired) electrons. The van der Waals surface area contributed by atoms with Gasteiger partial charge in [-0.2, -0.15) is 0 Å². The van der Waals surface area contributed by atoms with Crippen molar-refractivity contribution in [2.75, 3.05) is 19.5 Å². The van der Waals surface area contributed by atoms with Gasteiger partial charge in [-0.05, 0) is 0 Å². The molecule has 0 spiro atoms. The molecular weight excluding hydrogens is 128 g/mol. The lowest BCUT2D eigenvalue weighted by Crippen LogP contribution is -2.06. The Balaban J connectivity index is 3.42. The molecule has 0 aliphatic rings. The van der Waals surface area contributed by atoms with Crippen LogP contribution in [0, 0.1) is 6.26 Å². The summed E-state index contributed by atoms with van der Waals surface area (Å²) in [7, 11) is -1.61. The smallest absolute Gasteiger partial charge is 0.153 e. The predicted molar refractivity (Wildman–Crippen MR) is 31.0 cm³/mol. The van der Waals surface area contributed by atoms with E-state index in [9.17, 15) is 8.42 Å². The fourth-order valence-electron chi connectivity index (χ4n) is 0.210. The minimum absolute atomic E-state index is 0.00347. The number of hydrogen-bond donors (Lipinski definition) is 0. The van der Waals surface area contributed by atoms with E-state index in [0.29, 0.717) is 0 Å². The van der Waals surface area contributed by atoms with Gasteiger partial charge in [0.1, 0.15) is 0 Å². The van der Waals surface area contributed by atoms with Crippen molar-refractivity contribution in [1.29, 1.82) is 0 Å². The summed E-state index contributed by atoms with van der Waals surface area (Å²) < 4.78 is 24.9. The quantitative estimate of drug-likeness (QED) is 0.543. The van der Waals surface area contributed by atoms with E-state index >= 15 is 0 Å². The summed E-state index contributed by atoms with van der Waals surface area (Å²) >= 11 is 0. The van der Waals surface area contributed by atoms with Crippen molar-refractivity contribution in [3.63, 3.8) is 0 Å². The third-order valence-corrected chi connectivity index (χ3v) is 1.39. The molecule has 0 heterocycles. The standard InChI is InChI=1S/C4H9O3S/c1-7-3-4-8(2,5)6/h2-4H2,1H3. The van der Waals surface area contributed by atoms with Gasteiger partial charge in [0, 0.05) is 7.11 Å². The van der Waals surface area contributed by atoms with E-state index in [1.807, 2.05) is 0 Å². The van der Waals surface area contributed by atoms with E-state index in [4.69, 9.17) is 0 Å². The number of methoxy groups -OCH3 is 1. The molecule has 8 heavy (non-hydrogen) atoms. The van der Waals surface area contributed by atoms with Gasteiger partial charge in [0.2, 0.25) is 0 Å². The number of rotatable bonds is 3. The predicted octanol–water partition coefficient (Wildman–Crippen LogP) is -0.161. The largest absolute Gasteiger partial charge is 0.384 e. The molecule has 0 unspecified atom stereocenters. The highest BCUT2D eigenvalue weighted by Crippen LogP contribution is 1.83. The topological polar surface area (TPSA) is 43.4 Å². The Hall–Kier alpha value is -0.0900. The van der Waals surface area contributed by atoms with Gasteiger partial charge in [-0.25, -0.2) is 8.42 Å². The SMILES string of the molecule is [CH2]S(=O)(=O)CCOC. The van der Waals surface area contributed by atoms with Crippen LogP contribution in [0.3, 0.4) is 0 Å². The average molecular weight is 137 g/mol. The third kappa shape index (κ3) is 5.91. The van der Waals surface area contributed by atoms with Crippen LogP contribution in [-0.2, 0) is 14.6 Å². The van der Waals surface area contributed by atoms with E-state index in [0.717, 1.165) is 0 Å². The second kappa shape index (κ2) is 3.04. The lowest BCUT2D eigenvalue weighted by atomic mass is 10.9. The van der Waals surface area contributed by atoms with E-state index < -0.39 is 9.84 Å². The molecule has 0 amide bonds. The van der Waals surface area contributed by atoms with E-state index in [-0.39, 0.29) is 12.4 Å². The first-order valence-corrected chi connectivity index (χ1v) is 3.93. The van der Waals surface area contributed by atoms with Crippen LogP contribution in [0.15, 0.2) is 0 Å². The monoisotopic (exact) mass is 137 g/mol. The second-order valence-electron chi connectivity index (χ2n) is 1.44. The number of ether oxygens (including phenoxy) is 1. The van der Waals surface area contributed by atoms with E-state index in [1.54, 1.807) is 0 Å². The summed E-state index contributed by atoms with van der Waals surface area (Å²) in [4.78, 5) is 0. The summed E-state index contributed by atoms with van der Waals surface area (Å²) in [6.07, 6.45) is 2.90. The Labute approximate surface area is 49.6 Å². The maximum absolute atomic E-state index is 10.2. The van der Waals surface area contributed by atoms with Gasteiger partial charge in [0.25, 0.3) is 0 Å². The minimum Gasteiger partial charge on any atom is -0.384 e. The van der Waals surface area contributed by atoms with Crippen molar-refractivity contribution < 1.29 is 13.2 Å². The summed E-state index contributed by atoms with van der Waals surface area (Å²) in [5, 5.41) is 0. The highest BCUT2D eigenvalue weighted by atomic mass is 32.2. The molecule has 0 N–H and O–H groups in total. The van der Waals surface area contributed by atoms with Crippen molar-refractivity contribution in [2.45, 2.75) is 0 Å². The fraction of sp³-hybridized carbons (Fsp3) is 0.750. The fourth-order valence-corrected chi connectivity index (χ4v) is 0.631. The first-order chi connectivity index (χ1) is 3.56. The molecule has 0 aromatic heterocycles. The maximum atomic E-state index is 10.2. The van der Waals surface area contributed by atoms with Gasteiger partial charge in [0.05, 0.1) is 18.6 Å². The Bertz CT molecular complexity index is 135. The van der Waals surface area contributed by atoms with Gasteiger partial charge in [0.15, 0.2) is 9.84 Å². The average Bonchev–Trinajstić information content (AvgIpc) is 1.59. The minimum atomic E-state index is -3.06. The zero-order valence-electron chi connectivity index (χ0n) is 4.75. The van der Waals surface area contributed by atoms with Crippen LogP contribution in [0.4, 0.5) is 0 Å². The molecule has 0 aliphatic carbocycles. The molecule has 0 bridgehead atoms. The molecule has 49 valence electrons. The van der Waals surface area contributed by atoms with Crippen LogP contribution in [0.1, 0.15) is 0 Å². The molecule has 0 aliphatic heterocycles. The normalized spacial score (nSPS) is 11.8. The molecule has 0 aromatic carbocycles. The number of hydrogen-bond acceptors (Lipinski definition) is 3. The molecule has 0 rings (SSSR count). The lowest BCUT2D eigenvalue weighted by molar-refractivity contribution is 0.217. The molecule has 3 nitrogen and oxygen atoms in total. The van der Waals surface area contributed by atoms with Crippen molar-refractivity contribution in [2.24, 2.45) is 0 Å². The van der Waals surface area contributed by atoms with Gasteiger partial charge in [-0.3, -0.25) is 0 Å². The summed E-state index contributed by atoms with van der Waals surface area (Å²) in [6, 6.07) is 0. The van der Waals surface area contributed by atoms with Gasteiger partial charge >= 0.3 is 0 Å². The molecule has 0 saturated heterocycles. The van der Waals surface area contributed by atoms with E-state index in [2.05, 4.69) is 11.0 Å². The molecule has 4 heteroatoms. The van der Waals surface area contributed by atoms with Gasteiger partial charge < -0.3 is 4.74 Å². The maximum Gasteiger partial charge on any atom is 0.153 e. The zero-order valence-corrected chi connectivity index (χ0v) is 5.57. The third-order valence-electron chi connectivity index (χ3n) is 0.598. The second-order valence-corrected chi connectivity index (χ2v) is 3.34. The molecular formula is C4H9O3S. The van der Waals surface area contributed by atoms with Crippen LogP contribution in [0.2, 0.25) is 0 Å². The zero-order chi connectivity index (χ0) is 6.62. The first-order valence-electron chi connectivity index (χ1n) is 2.11. The van der Waals surface area contributed by atoms with Crippen LogP contribution >= 0.6 is 0 Å². The van der Waals surface area contributed by atoms with E-state index in [1.165, 1.54) is 7.11 Å². The Morgan fingerprint density at radius 2 is 2.12 bits per heavy atom. The highest BCUT2D eigenvalue weighted by Gasteiger charge is 1.98. The van der Waals surface area contributed by atoms with Crippen LogP contribution in [0.25, 0.3) is 0 Å². The Morgan fingerprint density at radius 1 is 1.62 bits per heavy atom.